The first-order valence-corrected chi connectivity index (χ1v) is 5.68. The predicted octanol–water partition coefficient (Wildman–Crippen LogP) is 2.58. The second-order valence-corrected chi connectivity index (χ2v) is 5.89. The third-order valence-corrected chi connectivity index (χ3v) is 3.12. The molecule has 2 heteroatoms. The van der Waals surface area contributed by atoms with Gasteiger partial charge in [-0.15, -0.1) is 0 Å². The average molecular weight is 199 g/mol. The Balaban J connectivity index is 2.46. The van der Waals surface area contributed by atoms with Crippen LogP contribution in [-0.2, 0) is 4.74 Å². The molecular formula is C12H25NO. The van der Waals surface area contributed by atoms with E-state index in [1.807, 2.05) is 0 Å². The van der Waals surface area contributed by atoms with E-state index >= 15 is 0 Å². The van der Waals surface area contributed by atoms with E-state index in [9.17, 15) is 0 Å². The second-order valence-electron chi connectivity index (χ2n) is 5.89. The van der Waals surface area contributed by atoms with Gasteiger partial charge in [-0.1, -0.05) is 20.8 Å². The number of hydrogen-bond acceptors (Lipinski definition) is 2. The van der Waals surface area contributed by atoms with Gasteiger partial charge in [-0.2, -0.15) is 0 Å². The van der Waals surface area contributed by atoms with Crippen molar-refractivity contribution in [2.75, 3.05) is 6.54 Å². The van der Waals surface area contributed by atoms with Crippen LogP contribution in [-0.4, -0.2) is 24.3 Å². The first-order valence-electron chi connectivity index (χ1n) is 5.68. The molecule has 1 N–H and O–H groups in total. The molecule has 2 atom stereocenters. The zero-order chi connectivity index (χ0) is 11.0. The number of ether oxygens (including phenoxy) is 1. The van der Waals surface area contributed by atoms with Crippen molar-refractivity contribution in [2.24, 2.45) is 5.41 Å². The van der Waals surface area contributed by atoms with Gasteiger partial charge in [-0.05, 0) is 33.7 Å². The van der Waals surface area contributed by atoms with E-state index in [-0.39, 0.29) is 11.0 Å². The van der Waals surface area contributed by atoms with Crippen LogP contribution in [0, 0.1) is 5.41 Å². The van der Waals surface area contributed by atoms with E-state index in [2.05, 4.69) is 46.9 Å². The van der Waals surface area contributed by atoms with Crippen LogP contribution < -0.4 is 5.32 Å². The maximum absolute atomic E-state index is 6.03. The Bertz CT molecular complexity index is 193. The fraction of sp³-hybridized carbons (Fsp3) is 1.00. The van der Waals surface area contributed by atoms with Gasteiger partial charge in [0.05, 0.1) is 11.7 Å². The Morgan fingerprint density at radius 3 is 2.29 bits per heavy atom. The van der Waals surface area contributed by atoms with Gasteiger partial charge in [0.15, 0.2) is 0 Å². The van der Waals surface area contributed by atoms with Gasteiger partial charge < -0.3 is 10.1 Å². The summed E-state index contributed by atoms with van der Waals surface area (Å²) in [5, 5.41) is 3.51. The SMILES string of the molecule is CCNC1CC(OC(C)(C)C)C1(C)C. The summed E-state index contributed by atoms with van der Waals surface area (Å²) in [5.74, 6) is 0. The maximum atomic E-state index is 6.03. The molecule has 1 saturated carbocycles. The normalized spacial score (nSPS) is 31.3. The van der Waals surface area contributed by atoms with E-state index < -0.39 is 0 Å². The first-order chi connectivity index (χ1) is 6.27. The van der Waals surface area contributed by atoms with Crippen molar-refractivity contribution in [2.45, 2.75) is 65.7 Å². The Morgan fingerprint density at radius 1 is 1.36 bits per heavy atom. The fourth-order valence-corrected chi connectivity index (χ4v) is 2.11. The summed E-state index contributed by atoms with van der Waals surface area (Å²) >= 11 is 0. The van der Waals surface area contributed by atoms with Crippen LogP contribution in [0.5, 0.6) is 0 Å². The van der Waals surface area contributed by atoms with Crippen molar-refractivity contribution in [3.8, 4) is 0 Å². The molecule has 0 spiro atoms. The molecule has 0 amide bonds. The lowest BCUT2D eigenvalue weighted by Gasteiger charge is -2.53. The Hall–Kier alpha value is -0.0800. The Kier molecular flexibility index (Phi) is 3.27. The molecule has 14 heavy (non-hydrogen) atoms. The van der Waals surface area contributed by atoms with E-state index in [1.54, 1.807) is 0 Å². The van der Waals surface area contributed by atoms with Gasteiger partial charge in [0.2, 0.25) is 0 Å². The molecule has 0 saturated heterocycles. The van der Waals surface area contributed by atoms with Crippen LogP contribution >= 0.6 is 0 Å². The van der Waals surface area contributed by atoms with Crippen molar-refractivity contribution in [1.82, 2.24) is 5.32 Å². The van der Waals surface area contributed by atoms with E-state index in [4.69, 9.17) is 4.74 Å². The fourth-order valence-electron chi connectivity index (χ4n) is 2.11. The van der Waals surface area contributed by atoms with Gasteiger partial charge in [0.1, 0.15) is 0 Å². The highest BCUT2D eigenvalue weighted by Gasteiger charge is 2.49. The maximum Gasteiger partial charge on any atom is 0.0663 e. The molecule has 2 nitrogen and oxygen atoms in total. The molecular weight excluding hydrogens is 174 g/mol. The van der Waals surface area contributed by atoms with Crippen LogP contribution in [0.3, 0.4) is 0 Å². The Labute approximate surface area is 88.4 Å². The van der Waals surface area contributed by atoms with Crippen LogP contribution in [0.4, 0.5) is 0 Å². The predicted molar refractivity (Wildman–Crippen MR) is 60.5 cm³/mol. The highest BCUT2D eigenvalue weighted by molar-refractivity contribution is 5.03. The summed E-state index contributed by atoms with van der Waals surface area (Å²) < 4.78 is 6.03. The minimum Gasteiger partial charge on any atom is -0.372 e. The smallest absolute Gasteiger partial charge is 0.0663 e. The molecule has 1 aliphatic carbocycles. The van der Waals surface area contributed by atoms with E-state index in [0.717, 1.165) is 13.0 Å². The van der Waals surface area contributed by atoms with Crippen molar-refractivity contribution >= 4 is 0 Å². The molecule has 0 aromatic rings. The molecule has 0 radical (unpaired) electrons. The summed E-state index contributed by atoms with van der Waals surface area (Å²) in [6.45, 7) is 14.2. The molecule has 0 aliphatic heterocycles. The Morgan fingerprint density at radius 2 is 1.93 bits per heavy atom. The standard InChI is InChI=1S/C12H25NO/c1-7-13-9-8-10(12(9,5)6)14-11(2,3)4/h9-10,13H,7-8H2,1-6H3. The molecule has 0 aromatic heterocycles. The second kappa shape index (κ2) is 3.82. The van der Waals surface area contributed by atoms with Gasteiger partial charge in [-0.25, -0.2) is 0 Å². The van der Waals surface area contributed by atoms with E-state index in [1.165, 1.54) is 0 Å². The molecule has 0 aromatic carbocycles. The molecule has 0 heterocycles. The lowest BCUT2D eigenvalue weighted by Crippen LogP contribution is -2.62. The van der Waals surface area contributed by atoms with Gasteiger partial charge in [0, 0.05) is 11.5 Å². The lowest BCUT2D eigenvalue weighted by molar-refractivity contribution is -0.172. The highest BCUT2D eigenvalue weighted by Crippen LogP contribution is 2.44. The number of nitrogens with one attached hydrogen (secondary N) is 1. The summed E-state index contributed by atoms with van der Waals surface area (Å²) in [7, 11) is 0. The van der Waals surface area contributed by atoms with Crippen molar-refractivity contribution < 1.29 is 4.74 Å². The van der Waals surface area contributed by atoms with Crippen LogP contribution in [0.2, 0.25) is 0 Å². The van der Waals surface area contributed by atoms with E-state index in [0.29, 0.717) is 12.1 Å². The van der Waals surface area contributed by atoms with Gasteiger partial charge in [0.25, 0.3) is 0 Å². The first kappa shape index (κ1) is 12.0. The zero-order valence-electron chi connectivity index (χ0n) is 10.5. The largest absolute Gasteiger partial charge is 0.372 e. The lowest BCUT2D eigenvalue weighted by atomic mass is 9.64. The summed E-state index contributed by atoms with van der Waals surface area (Å²) in [5.41, 5.74) is 0.266. The third-order valence-electron chi connectivity index (χ3n) is 3.12. The molecule has 1 rings (SSSR count). The molecule has 0 bridgehead atoms. The summed E-state index contributed by atoms with van der Waals surface area (Å²) in [6.07, 6.45) is 1.56. The number of hydrogen-bond donors (Lipinski definition) is 1. The minimum absolute atomic E-state index is 0.0148. The molecule has 84 valence electrons. The minimum atomic E-state index is -0.0148. The van der Waals surface area contributed by atoms with Crippen LogP contribution in [0.25, 0.3) is 0 Å². The highest BCUT2D eigenvalue weighted by atomic mass is 16.5. The van der Waals surface area contributed by atoms with Crippen molar-refractivity contribution in [3.63, 3.8) is 0 Å². The van der Waals surface area contributed by atoms with Crippen LogP contribution in [0.1, 0.15) is 48.0 Å². The monoisotopic (exact) mass is 199 g/mol. The third kappa shape index (κ3) is 2.48. The quantitative estimate of drug-likeness (QED) is 0.754. The number of rotatable bonds is 3. The summed E-state index contributed by atoms with van der Waals surface area (Å²) in [6, 6.07) is 0.625. The van der Waals surface area contributed by atoms with Gasteiger partial charge >= 0.3 is 0 Å². The zero-order valence-corrected chi connectivity index (χ0v) is 10.5. The summed E-state index contributed by atoms with van der Waals surface area (Å²) in [4.78, 5) is 0. The molecule has 1 fully saturated rings. The van der Waals surface area contributed by atoms with Gasteiger partial charge in [-0.3, -0.25) is 0 Å². The topological polar surface area (TPSA) is 21.3 Å². The van der Waals surface area contributed by atoms with Crippen molar-refractivity contribution in [1.29, 1.82) is 0 Å². The van der Waals surface area contributed by atoms with Crippen molar-refractivity contribution in [3.05, 3.63) is 0 Å². The average Bonchev–Trinajstić information content (AvgIpc) is 2.01. The molecule has 1 aliphatic rings. The van der Waals surface area contributed by atoms with Crippen LogP contribution in [0.15, 0.2) is 0 Å². The molecule has 2 unspecified atom stereocenters.